The topological polar surface area (TPSA) is 66.5 Å². The number of nitrogens with one attached hydrogen (secondary N) is 1. The van der Waals surface area contributed by atoms with E-state index in [9.17, 15) is 14.4 Å². The van der Waals surface area contributed by atoms with Gasteiger partial charge in [-0.2, -0.15) is 0 Å². The van der Waals surface area contributed by atoms with Gasteiger partial charge in [-0.1, -0.05) is 36.4 Å². The van der Waals surface area contributed by atoms with E-state index in [2.05, 4.69) is 5.32 Å². The molecule has 0 unspecified atom stereocenters. The molecule has 5 nitrogen and oxygen atoms in total. The molecule has 0 aromatic heterocycles. The summed E-state index contributed by atoms with van der Waals surface area (Å²) in [6.45, 7) is 0. The van der Waals surface area contributed by atoms with E-state index in [4.69, 9.17) is 0 Å². The van der Waals surface area contributed by atoms with Gasteiger partial charge in [0.15, 0.2) is 0 Å². The molecule has 0 saturated carbocycles. The largest absolute Gasteiger partial charge is 0.325 e. The number of hydrogen-bond acceptors (Lipinski definition) is 4. The number of carbonyl (C=O) groups is 3. The van der Waals surface area contributed by atoms with Crippen LogP contribution in [0.25, 0.3) is 0 Å². The SMILES string of the molecule is CN1C(=O)c2cccc(NC(=O)CSCc3ccccc3)c2C1=O. The van der Waals surface area contributed by atoms with Gasteiger partial charge in [0, 0.05) is 12.8 Å². The average Bonchev–Trinajstić information content (AvgIpc) is 2.81. The minimum Gasteiger partial charge on any atom is -0.325 e. The summed E-state index contributed by atoms with van der Waals surface area (Å²) in [7, 11) is 1.44. The molecule has 1 heterocycles. The monoisotopic (exact) mass is 340 g/mol. The Morgan fingerprint density at radius 1 is 1.04 bits per heavy atom. The van der Waals surface area contributed by atoms with Gasteiger partial charge in [0.25, 0.3) is 11.8 Å². The van der Waals surface area contributed by atoms with Crippen molar-refractivity contribution < 1.29 is 14.4 Å². The van der Waals surface area contributed by atoms with Crippen LogP contribution in [0.2, 0.25) is 0 Å². The molecule has 6 heteroatoms. The van der Waals surface area contributed by atoms with Gasteiger partial charge in [0.2, 0.25) is 5.91 Å². The number of benzene rings is 2. The number of thioether (sulfide) groups is 1. The molecule has 1 aliphatic heterocycles. The third-order valence-electron chi connectivity index (χ3n) is 3.74. The first kappa shape index (κ1) is 16.3. The van der Waals surface area contributed by atoms with Gasteiger partial charge in [-0.05, 0) is 17.7 Å². The van der Waals surface area contributed by atoms with Gasteiger partial charge in [0.1, 0.15) is 0 Å². The van der Waals surface area contributed by atoms with Crippen molar-refractivity contribution in [1.29, 1.82) is 0 Å². The normalized spacial score (nSPS) is 13.1. The number of amides is 3. The van der Waals surface area contributed by atoms with Crippen molar-refractivity contribution in [2.75, 3.05) is 18.1 Å². The molecule has 0 radical (unpaired) electrons. The fourth-order valence-electron chi connectivity index (χ4n) is 2.53. The Morgan fingerprint density at radius 3 is 2.54 bits per heavy atom. The molecule has 1 aliphatic rings. The van der Waals surface area contributed by atoms with E-state index in [0.29, 0.717) is 11.3 Å². The van der Waals surface area contributed by atoms with Crippen LogP contribution in [0.3, 0.4) is 0 Å². The third kappa shape index (κ3) is 3.19. The Labute approximate surface area is 144 Å². The number of anilines is 1. The standard InChI is InChI=1S/C18H16N2O3S/c1-20-17(22)13-8-5-9-14(16(13)18(20)23)19-15(21)11-24-10-12-6-3-2-4-7-12/h2-9H,10-11H2,1H3,(H,19,21). The first-order valence-corrected chi connectivity index (χ1v) is 8.60. The molecule has 1 N–H and O–H groups in total. The van der Waals surface area contributed by atoms with Crippen LogP contribution in [0.1, 0.15) is 26.3 Å². The first-order valence-electron chi connectivity index (χ1n) is 7.45. The van der Waals surface area contributed by atoms with Gasteiger partial charge in [-0.15, -0.1) is 11.8 Å². The highest BCUT2D eigenvalue weighted by molar-refractivity contribution is 7.99. The number of imide groups is 1. The second-order valence-corrected chi connectivity index (χ2v) is 6.41. The van der Waals surface area contributed by atoms with E-state index in [0.717, 1.165) is 16.2 Å². The summed E-state index contributed by atoms with van der Waals surface area (Å²) in [5.41, 5.74) is 2.14. The molecule has 0 bridgehead atoms. The van der Waals surface area contributed by atoms with Crippen molar-refractivity contribution >= 4 is 35.2 Å². The lowest BCUT2D eigenvalue weighted by Crippen LogP contribution is -2.24. The Bertz CT molecular complexity index is 805. The molecule has 24 heavy (non-hydrogen) atoms. The number of hydrogen-bond donors (Lipinski definition) is 1. The molecule has 2 aromatic carbocycles. The van der Waals surface area contributed by atoms with Gasteiger partial charge in [0.05, 0.1) is 22.6 Å². The molecule has 0 spiro atoms. The van der Waals surface area contributed by atoms with Crippen LogP contribution in [0, 0.1) is 0 Å². The summed E-state index contributed by atoms with van der Waals surface area (Å²) in [5.74, 6) is 0.0872. The van der Waals surface area contributed by atoms with E-state index in [-0.39, 0.29) is 29.0 Å². The molecule has 0 saturated heterocycles. The molecular weight excluding hydrogens is 324 g/mol. The summed E-state index contributed by atoms with van der Waals surface area (Å²) in [6.07, 6.45) is 0. The first-order chi connectivity index (χ1) is 11.6. The number of rotatable bonds is 5. The highest BCUT2D eigenvalue weighted by atomic mass is 32.2. The maximum absolute atomic E-state index is 12.2. The summed E-state index contributed by atoms with van der Waals surface area (Å²) in [6, 6.07) is 14.8. The van der Waals surface area contributed by atoms with Crippen LogP contribution >= 0.6 is 11.8 Å². The lowest BCUT2D eigenvalue weighted by atomic mass is 10.1. The molecule has 0 aliphatic carbocycles. The zero-order chi connectivity index (χ0) is 17.1. The van der Waals surface area contributed by atoms with Gasteiger partial charge in [-0.3, -0.25) is 19.3 Å². The van der Waals surface area contributed by atoms with Crippen LogP contribution in [0.5, 0.6) is 0 Å². The van der Waals surface area contributed by atoms with Crippen LogP contribution < -0.4 is 5.32 Å². The maximum Gasteiger partial charge on any atom is 0.263 e. The van der Waals surface area contributed by atoms with Gasteiger partial charge < -0.3 is 5.32 Å². The number of nitrogens with zero attached hydrogens (tertiary/aromatic N) is 1. The van der Waals surface area contributed by atoms with Crippen molar-refractivity contribution in [2.45, 2.75) is 5.75 Å². The minimum absolute atomic E-state index is 0.195. The molecule has 122 valence electrons. The molecule has 0 fully saturated rings. The molecule has 0 atom stereocenters. The predicted octanol–water partition coefficient (Wildman–Crippen LogP) is 2.78. The van der Waals surface area contributed by atoms with E-state index < -0.39 is 0 Å². The highest BCUT2D eigenvalue weighted by Gasteiger charge is 2.35. The van der Waals surface area contributed by atoms with Crippen molar-refractivity contribution in [1.82, 2.24) is 4.90 Å². The minimum atomic E-state index is -0.386. The lowest BCUT2D eigenvalue weighted by Gasteiger charge is -2.09. The third-order valence-corrected chi connectivity index (χ3v) is 4.74. The molecule has 3 rings (SSSR count). The maximum atomic E-state index is 12.2. The summed E-state index contributed by atoms with van der Waals surface area (Å²) in [5, 5.41) is 2.74. The van der Waals surface area contributed by atoms with Crippen molar-refractivity contribution in [3.63, 3.8) is 0 Å². The smallest absolute Gasteiger partial charge is 0.263 e. The molecular formula is C18H16N2O3S. The summed E-state index contributed by atoms with van der Waals surface area (Å²) in [4.78, 5) is 37.3. The number of fused-ring (bicyclic) bond motifs is 1. The zero-order valence-electron chi connectivity index (χ0n) is 13.1. The van der Waals surface area contributed by atoms with Gasteiger partial charge >= 0.3 is 0 Å². The Morgan fingerprint density at radius 2 is 1.79 bits per heavy atom. The zero-order valence-corrected chi connectivity index (χ0v) is 13.9. The van der Waals surface area contributed by atoms with Gasteiger partial charge in [-0.25, -0.2) is 0 Å². The van der Waals surface area contributed by atoms with Crippen LogP contribution in [-0.4, -0.2) is 35.4 Å². The van der Waals surface area contributed by atoms with Crippen molar-refractivity contribution in [3.8, 4) is 0 Å². The van der Waals surface area contributed by atoms with Crippen LogP contribution in [-0.2, 0) is 10.5 Å². The summed E-state index contributed by atoms with van der Waals surface area (Å²) >= 11 is 1.49. The van der Waals surface area contributed by atoms with Crippen molar-refractivity contribution in [2.24, 2.45) is 0 Å². The fraction of sp³-hybridized carbons (Fsp3) is 0.167. The number of carbonyl (C=O) groups excluding carboxylic acids is 3. The van der Waals surface area contributed by atoms with E-state index in [1.807, 2.05) is 30.3 Å². The Balaban J connectivity index is 1.64. The average molecular weight is 340 g/mol. The Kier molecular flexibility index (Phi) is 4.66. The van der Waals surface area contributed by atoms with Crippen molar-refractivity contribution in [3.05, 3.63) is 65.2 Å². The second kappa shape index (κ2) is 6.88. The highest BCUT2D eigenvalue weighted by Crippen LogP contribution is 2.28. The predicted molar refractivity (Wildman–Crippen MR) is 94.1 cm³/mol. The molecule has 2 aromatic rings. The fourth-order valence-corrected chi connectivity index (χ4v) is 3.32. The lowest BCUT2D eigenvalue weighted by molar-refractivity contribution is -0.113. The van der Waals surface area contributed by atoms with E-state index >= 15 is 0 Å². The van der Waals surface area contributed by atoms with Crippen LogP contribution in [0.4, 0.5) is 5.69 Å². The Hall–Kier alpha value is -2.60. The quantitative estimate of drug-likeness (QED) is 0.850. The molecule has 3 amide bonds. The van der Waals surface area contributed by atoms with Crippen LogP contribution in [0.15, 0.2) is 48.5 Å². The summed E-state index contributed by atoms with van der Waals surface area (Å²) < 4.78 is 0. The second-order valence-electron chi connectivity index (χ2n) is 5.42. The van der Waals surface area contributed by atoms with E-state index in [1.54, 1.807) is 18.2 Å². The van der Waals surface area contributed by atoms with E-state index in [1.165, 1.54) is 18.8 Å².